The molecule has 1 aliphatic rings. The Hall–Kier alpha value is -1.07. The zero-order valence-corrected chi connectivity index (χ0v) is 12.1. The van der Waals surface area contributed by atoms with Crippen LogP contribution in [0.3, 0.4) is 0 Å². The number of methoxy groups -OCH3 is 1. The van der Waals surface area contributed by atoms with E-state index in [1.165, 1.54) is 6.07 Å². The molecule has 1 aromatic rings. The average molecular weight is 302 g/mol. The number of aliphatic hydroxyl groups is 1. The molecule has 1 atom stereocenters. The molecule has 1 aliphatic carbocycles. The highest BCUT2D eigenvalue weighted by Gasteiger charge is 2.39. The van der Waals surface area contributed by atoms with E-state index in [0.29, 0.717) is 5.56 Å². The molecule has 118 valence electrons. The predicted molar refractivity (Wildman–Crippen MR) is 74.0 cm³/mol. The van der Waals surface area contributed by atoms with Crippen LogP contribution in [0, 0.1) is 0 Å². The standard InChI is InChI=1S/C16H21F3O2/c1-21-15(8-3-2-4-9-15)14(20)11-12-6-5-7-13(10-12)16(17,18)19/h5-7,10,14,20H,2-4,8-9,11H2,1H3. The second kappa shape index (κ2) is 6.36. The molecule has 0 aliphatic heterocycles. The van der Waals surface area contributed by atoms with E-state index in [-0.39, 0.29) is 6.42 Å². The van der Waals surface area contributed by atoms with Crippen molar-refractivity contribution >= 4 is 0 Å². The summed E-state index contributed by atoms with van der Waals surface area (Å²) in [5, 5.41) is 10.5. The van der Waals surface area contributed by atoms with Crippen LogP contribution in [0.2, 0.25) is 0 Å². The van der Waals surface area contributed by atoms with Crippen LogP contribution in [0.25, 0.3) is 0 Å². The summed E-state index contributed by atoms with van der Waals surface area (Å²) in [7, 11) is 1.57. The van der Waals surface area contributed by atoms with Crippen molar-refractivity contribution in [2.24, 2.45) is 0 Å². The first-order valence-corrected chi connectivity index (χ1v) is 7.27. The molecule has 1 unspecified atom stereocenters. The maximum Gasteiger partial charge on any atom is 0.416 e. The number of aliphatic hydroxyl groups excluding tert-OH is 1. The third-order valence-electron chi connectivity index (χ3n) is 4.40. The van der Waals surface area contributed by atoms with Crippen LogP contribution in [-0.2, 0) is 17.3 Å². The maximum atomic E-state index is 12.7. The van der Waals surface area contributed by atoms with Crippen molar-refractivity contribution in [3.8, 4) is 0 Å². The quantitative estimate of drug-likeness (QED) is 0.912. The van der Waals surface area contributed by atoms with Crippen LogP contribution < -0.4 is 0 Å². The van der Waals surface area contributed by atoms with Gasteiger partial charge in [-0.25, -0.2) is 0 Å². The summed E-state index contributed by atoms with van der Waals surface area (Å²) in [4.78, 5) is 0. The predicted octanol–water partition coefficient (Wildman–Crippen LogP) is 3.96. The van der Waals surface area contributed by atoms with Crippen molar-refractivity contribution in [1.29, 1.82) is 0 Å². The van der Waals surface area contributed by atoms with E-state index < -0.39 is 23.4 Å². The van der Waals surface area contributed by atoms with Crippen molar-refractivity contribution < 1.29 is 23.0 Å². The molecule has 1 aromatic carbocycles. The van der Waals surface area contributed by atoms with Crippen LogP contribution in [0.4, 0.5) is 13.2 Å². The normalized spacial score (nSPS) is 20.2. The lowest BCUT2D eigenvalue weighted by Crippen LogP contribution is -2.46. The SMILES string of the molecule is COC1(C(O)Cc2cccc(C(F)(F)F)c2)CCCCC1. The van der Waals surface area contributed by atoms with E-state index >= 15 is 0 Å². The Morgan fingerprint density at radius 1 is 1.24 bits per heavy atom. The van der Waals surface area contributed by atoms with Gasteiger partial charge in [-0.15, -0.1) is 0 Å². The molecule has 1 N–H and O–H groups in total. The molecule has 0 heterocycles. The van der Waals surface area contributed by atoms with Gasteiger partial charge in [0.05, 0.1) is 17.3 Å². The summed E-state index contributed by atoms with van der Waals surface area (Å²) >= 11 is 0. The van der Waals surface area contributed by atoms with Gasteiger partial charge in [0, 0.05) is 13.5 Å². The minimum atomic E-state index is -4.36. The summed E-state index contributed by atoms with van der Waals surface area (Å²) in [6.45, 7) is 0. The molecule has 1 saturated carbocycles. The zero-order chi connectivity index (χ0) is 15.5. The smallest absolute Gasteiger partial charge is 0.390 e. The Labute approximate surface area is 122 Å². The van der Waals surface area contributed by atoms with Crippen LogP contribution in [0.1, 0.15) is 43.2 Å². The first-order chi connectivity index (χ1) is 9.87. The number of hydrogen-bond donors (Lipinski definition) is 1. The Morgan fingerprint density at radius 2 is 1.90 bits per heavy atom. The zero-order valence-electron chi connectivity index (χ0n) is 12.1. The molecule has 2 nitrogen and oxygen atoms in total. The third-order valence-corrected chi connectivity index (χ3v) is 4.40. The Balaban J connectivity index is 2.13. The molecule has 0 saturated heterocycles. The van der Waals surface area contributed by atoms with Crippen LogP contribution >= 0.6 is 0 Å². The first-order valence-electron chi connectivity index (χ1n) is 7.27. The fraction of sp³-hybridized carbons (Fsp3) is 0.625. The highest BCUT2D eigenvalue weighted by molar-refractivity contribution is 5.26. The van der Waals surface area contributed by atoms with Crippen LogP contribution in [-0.4, -0.2) is 23.9 Å². The Bertz CT molecular complexity index is 465. The first kappa shape index (κ1) is 16.3. The van der Waals surface area contributed by atoms with Gasteiger partial charge in [0.2, 0.25) is 0 Å². The number of alkyl halides is 3. The van der Waals surface area contributed by atoms with Gasteiger partial charge < -0.3 is 9.84 Å². The molecule has 1 fully saturated rings. The summed E-state index contributed by atoms with van der Waals surface area (Å²) in [5.74, 6) is 0. The van der Waals surface area contributed by atoms with Crippen molar-refractivity contribution in [3.63, 3.8) is 0 Å². The average Bonchev–Trinajstić information content (AvgIpc) is 2.47. The molecule has 0 amide bonds. The molecule has 0 spiro atoms. The van der Waals surface area contributed by atoms with Crippen molar-refractivity contribution in [2.75, 3.05) is 7.11 Å². The van der Waals surface area contributed by atoms with E-state index in [2.05, 4.69) is 0 Å². The summed E-state index contributed by atoms with van der Waals surface area (Å²) < 4.78 is 43.7. The van der Waals surface area contributed by atoms with Gasteiger partial charge in [-0.05, 0) is 24.5 Å². The van der Waals surface area contributed by atoms with Gasteiger partial charge in [-0.3, -0.25) is 0 Å². The lowest BCUT2D eigenvalue weighted by molar-refractivity contribution is -0.137. The number of ether oxygens (including phenoxy) is 1. The second-order valence-electron chi connectivity index (χ2n) is 5.75. The highest BCUT2D eigenvalue weighted by atomic mass is 19.4. The minimum Gasteiger partial charge on any atom is -0.390 e. The maximum absolute atomic E-state index is 12.7. The number of hydrogen-bond acceptors (Lipinski definition) is 2. The van der Waals surface area contributed by atoms with E-state index in [1.54, 1.807) is 13.2 Å². The van der Waals surface area contributed by atoms with Gasteiger partial charge in [0.1, 0.15) is 0 Å². The van der Waals surface area contributed by atoms with Gasteiger partial charge in [0.15, 0.2) is 0 Å². The minimum absolute atomic E-state index is 0.178. The third kappa shape index (κ3) is 3.77. The lowest BCUT2D eigenvalue weighted by atomic mass is 9.78. The van der Waals surface area contributed by atoms with Gasteiger partial charge in [-0.2, -0.15) is 13.2 Å². The lowest BCUT2D eigenvalue weighted by Gasteiger charge is -2.40. The van der Waals surface area contributed by atoms with Crippen molar-refractivity contribution in [2.45, 2.75) is 56.4 Å². The van der Waals surface area contributed by atoms with Gasteiger partial charge >= 0.3 is 6.18 Å². The molecule has 0 bridgehead atoms. The monoisotopic (exact) mass is 302 g/mol. The Morgan fingerprint density at radius 3 is 2.48 bits per heavy atom. The molecule has 5 heteroatoms. The van der Waals surface area contributed by atoms with E-state index in [4.69, 9.17) is 4.74 Å². The fourth-order valence-electron chi connectivity index (χ4n) is 3.11. The fourth-order valence-corrected chi connectivity index (χ4v) is 3.11. The van der Waals surface area contributed by atoms with E-state index in [9.17, 15) is 18.3 Å². The van der Waals surface area contributed by atoms with Crippen molar-refractivity contribution in [1.82, 2.24) is 0 Å². The number of rotatable bonds is 4. The summed E-state index contributed by atoms with van der Waals surface area (Å²) in [5.41, 5.74) is -0.811. The summed E-state index contributed by atoms with van der Waals surface area (Å²) in [6.07, 6.45) is -0.385. The van der Waals surface area contributed by atoms with Crippen LogP contribution in [0.5, 0.6) is 0 Å². The summed E-state index contributed by atoms with van der Waals surface area (Å²) in [6, 6.07) is 5.15. The molecular weight excluding hydrogens is 281 g/mol. The molecule has 0 aromatic heterocycles. The highest BCUT2D eigenvalue weighted by Crippen LogP contribution is 2.36. The van der Waals surface area contributed by atoms with Crippen molar-refractivity contribution in [3.05, 3.63) is 35.4 Å². The topological polar surface area (TPSA) is 29.5 Å². The van der Waals surface area contributed by atoms with Crippen LogP contribution in [0.15, 0.2) is 24.3 Å². The Kier molecular flexibility index (Phi) is 4.94. The molecule has 0 radical (unpaired) electrons. The van der Waals surface area contributed by atoms with E-state index in [1.807, 2.05) is 0 Å². The second-order valence-corrected chi connectivity index (χ2v) is 5.75. The number of halogens is 3. The molecule has 2 rings (SSSR count). The number of benzene rings is 1. The van der Waals surface area contributed by atoms with Gasteiger partial charge in [0.25, 0.3) is 0 Å². The largest absolute Gasteiger partial charge is 0.416 e. The molecule has 21 heavy (non-hydrogen) atoms. The molecular formula is C16H21F3O2. The van der Waals surface area contributed by atoms with E-state index in [0.717, 1.165) is 44.2 Å². The van der Waals surface area contributed by atoms with Gasteiger partial charge in [-0.1, -0.05) is 37.5 Å².